The van der Waals surface area contributed by atoms with Gasteiger partial charge in [-0.15, -0.1) is 0 Å². The molecular weight excluding hydrogens is 142 g/mol. The average molecular weight is 157 g/mol. The van der Waals surface area contributed by atoms with Crippen molar-refractivity contribution in [1.82, 2.24) is 15.6 Å². The Bertz CT molecular complexity index is 110. The SMILES string of the molecule is N=NNCCN1CCNCC1. The maximum absolute atomic E-state index is 6.50. The van der Waals surface area contributed by atoms with Crippen molar-refractivity contribution in [1.29, 1.82) is 5.53 Å². The van der Waals surface area contributed by atoms with E-state index < -0.39 is 0 Å². The third-order valence-electron chi connectivity index (χ3n) is 1.83. The van der Waals surface area contributed by atoms with Gasteiger partial charge in [0.25, 0.3) is 0 Å². The van der Waals surface area contributed by atoms with Crippen LogP contribution in [0.1, 0.15) is 0 Å². The molecule has 0 aliphatic carbocycles. The van der Waals surface area contributed by atoms with Gasteiger partial charge in [0.2, 0.25) is 0 Å². The van der Waals surface area contributed by atoms with E-state index >= 15 is 0 Å². The first kappa shape index (κ1) is 8.42. The van der Waals surface area contributed by atoms with E-state index in [4.69, 9.17) is 5.53 Å². The first-order chi connectivity index (χ1) is 5.43. The molecular formula is C6H15N5. The van der Waals surface area contributed by atoms with Crippen LogP contribution in [0.4, 0.5) is 0 Å². The van der Waals surface area contributed by atoms with Gasteiger partial charge < -0.3 is 5.32 Å². The third-order valence-corrected chi connectivity index (χ3v) is 1.83. The van der Waals surface area contributed by atoms with Crippen LogP contribution >= 0.6 is 0 Å². The van der Waals surface area contributed by atoms with Gasteiger partial charge >= 0.3 is 0 Å². The molecule has 3 N–H and O–H groups in total. The zero-order chi connectivity index (χ0) is 7.94. The van der Waals surface area contributed by atoms with Gasteiger partial charge in [-0.1, -0.05) is 5.22 Å². The van der Waals surface area contributed by atoms with E-state index in [-0.39, 0.29) is 0 Å². The summed E-state index contributed by atoms with van der Waals surface area (Å²) in [6.07, 6.45) is 0. The quantitative estimate of drug-likeness (QED) is 0.291. The lowest BCUT2D eigenvalue weighted by atomic mass is 10.3. The maximum atomic E-state index is 6.50. The standard InChI is InChI=1S/C6H15N5/c7-10-9-3-6-11-4-1-8-2-5-11/h8H,1-6H2,(H2,7,9). The second-order valence-corrected chi connectivity index (χ2v) is 2.61. The van der Waals surface area contributed by atoms with Crippen LogP contribution in [0.25, 0.3) is 0 Å². The molecule has 5 nitrogen and oxygen atoms in total. The molecule has 1 saturated heterocycles. The van der Waals surface area contributed by atoms with Gasteiger partial charge in [-0.25, -0.2) is 0 Å². The predicted molar refractivity (Wildman–Crippen MR) is 42.5 cm³/mol. The molecule has 0 saturated carbocycles. The molecule has 1 rings (SSSR count). The van der Waals surface area contributed by atoms with E-state index in [0.717, 1.165) is 39.3 Å². The molecule has 5 heteroatoms. The van der Waals surface area contributed by atoms with Crippen LogP contribution in [0.3, 0.4) is 0 Å². The number of nitrogens with one attached hydrogen (secondary N) is 3. The van der Waals surface area contributed by atoms with Crippen molar-refractivity contribution < 1.29 is 0 Å². The van der Waals surface area contributed by atoms with Crippen LogP contribution in [0.15, 0.2) is 5.22 Å². The number of hydrogen-bond acceptors (Lipinski definition) is 4. The highest BCUT2D eigenvalue weighted by atomic mass is 15.4. The minimum absolute atomic E-state index is 0.781. The van der Waals surface area contributed by atoms with E-state index in [1.165, 1.54) is 0 Å². The summed E-state index contributed by atoms with van der Waals surface area (Å²) in [7, 11) is 0. The van der Waals surface area contributed by atoms with Gasteiger partial charge in [0.1, 0.15) is 0 Å². The number of hydrogen-bond donors (Lipinski definition) is 3. The molecule has 11 heavy (non-hydrogen) atoms. The Morgan fingerprint density at radius 3 is 2.82 bits per heavy atom. The van der Waals surface area contributed by atoms with Crippen molar-refractivity contribution in [2.75, 3.05) is 39.3 Å². The fourth-order valence-corrected chi connectivity index (χ4v) is 1.20. The summed E-state index contributed by atoms with van der Waals surface area (Å²) >= 11 is 0. The lowest BCUT2D eigenvalue weighted by Gasteiger charge is -2.26. The molecule has 1 heterocycles. The van der Waals surface area contributed by atoms with Crippen LogP contribution in [-0.2, 0) is 0 Å². The van der Waals surface area contributed by atoms with E-state index in [1.807, 2.05) is 0 Å². The van der Waals surface area contributed by atoms with Crippen molar-refractivity contribution >= 4 is 0 Å². The topological polar surface area (TPSA) is 63.5 Å². The summed E-state index contributed by atoms with van der Waals surface area (Å²) in [4.78, 5) is 2.36. The number of rotatable bonds is 4. The van der Waals surface area contributed by atoms with Gasteiger partial charge in [0.15, 0.2) is 0 Å². The Kier molecular flexibility index (Phi) is 3.85. The van der Waals surface area contributed by atoms with Gasteiger partial charge in [-0.3, -0.25) is 10.3 Å². The smallest absolute Gasteiger partial charge is 0.0474 e. The molecule has 0 aromatic carbocycles. The monoisotopic (exact) mass is 157 g/mol. The second-order valence-electron chi connectivity index (χ2n) is 2.61. The highest BCUT2D eigenvalue weighted by Crippen LogP contribution is 1.89. The number of nitrogens with zero attached hydrogens (tertiary/aromatic N) is 2. The molecule has 0 atom stereocenters. The van der Waals surface area contributed by atoms with Crippen molar-refractivity contribution in [2.45, 2.75) is 0 Å². The first-order valence-electron chi connectivity index (χ1n) is 3.96. The Balaban J connectivity index is 2.00. The van der Waals surface area contributed by atoms with Gasteiger partial charge in [-0.05, 0) is 0 Å². The van der Waals surface area contributed by atoms with E-state index in [9.17, 15) is 0 Å². The van der Waals surface area contributed by atoms with Crippen molar-refractivity contribution in [2.24, 2.45) is 5.22 Å². The minimum Gasteiger partial charge on any atom is -0.314 e. The van der Waals surface area contributed by atoms with Gasteiger partial charge in [0.05, 0.1) is 0 Å². The van der Waals surface area contributed by atoms with Crippen molar-refractivity contribution in [3.63, 3.8) is 0 Å². The zero-order valence-corrected chi connectivity index (χ0v) is 6.64. The minimum atomic E-state index is 0.781. The summed E-state index contributed by atoms with van der Waals surface area (Å²) in [6, 6.07) is 0. The van der Waals surface area contributed by atoms with Crippen LogP contribution in [0, 0.1) is 5.53 Å². The van der Waals surface area contributed by atoms with E-state index in [0.29, 0.717) is 0 Å². The fraction of sp³-hybridized carbons (Fsp3) is 1.00. The largest absolute Gasteiger partial charge is 0.314 e. The number of piperazine rings is 1. The van der Waals surface area contributed by atoms with Crippen LogP contribution in [0.5, 0.6) is 0 Å². The molecule has 0 amide bonds. The Labute approximate surface area is 66.6 Å². The second kappa shape index (κ2) is 5.03. The third kappa shape index (κ3) is 3.29. The van der Waals surface area contributed by atoms with Gasteiger partial charge in [0, 0.05) is 39.3 Å². The molecule has 0 aromatic heterocycles. The highest BCUT2D eigenvalue weighted by molar-refractivity contribution is 4.67. The summed E-state index contributed by atoms with van der Waals surface area (Å²) in [5.41, 5.74) is 9.13. The summed E-state index contributed by atoms with van der Waals surface area (Å²) in [5, 5.41) is 6.36. The first-order valence-corrected chi connectivity index (χ1v) is 3.96. The molecule has 0 unspecified atom stereocenters. The van der Waals surface area contributed by atoms with E-state index in [1.54, 1.807) is 0 Å². The maximum Gasteiger partial charge on any atom is 0.0474 e. The van der Waals surface area contributed by atoms with E-state index in [2.05, 4.69) is 20.9 Å². The molecule has 1 fully saturated rings. The van der Waals surface area contributed by atoms with Crippen molar-refractivity contribution in [3.05, 3.63) is 0 Å². The molecule has 0 radical (unpaired) electrons. The van der Waals surface area contributed by atoms with Gasteiger partial charge in [-0.2, -0.15) is 5.53 Å². The van der Waals surface area contributed by atoms with Crippen LogP contribution < -0.4 is 10.7 Å². The fourth-order valence-electron chi connectivity index (χ4n) is 1.20. The molecule has 1 aliphatic rings. The Morgan fingerprint density at radius 1 is 1.45 bits per heavy atom. The summed E-state index contributed by atoms with van der Waals surface area (Å²) in [5.74, 6) is 0. The van der Waals surface area contributed by atoms with Crippen molar-refractivity contribution in [3.8, 4) is 0 Å². The molecule has 0 spiro atoms. The summed E-state index contributed by atoms with van der Waals surface area (Å²) < 4.78 is 0. The molecule has 1 aliphatic heterocycles. The highest BCUT2D eigenvalue weighted by Gasteiger charge is 2.07. The predicted octanol–water partition coefficient (Wildman–Crippen LogP) is -0.573. The Hall–Kier alpha value is -0.680. The molecule has 64 valence electrons. The lowest BCUT2D eigenvalue weighted by molar-refractivity contribution is 0.241. The normalized spacial score (nSPS) is 19.6. The zero-order valence-electron chi connectivity index (χ0n) is 6.64. The average Bonchev–Trinajstić information content (AvgIpc) is 2.07. The summed E-state index contributed by atoms with van der Waals surface area (Å²) in [6.45, 7) is 6.16. The molecule has 0 aromatic rings. The Morgan fingerprint density at radius 2 is 2.18 bits per heavy atom. The lowest BCUT2D eigenvalue weighted by Crippen LogP contribution is -2.45. The molecule has 0 bridgehead atoms. The van der Waals surface area contributed by atoms with Crippen LogP contribution in [-0.4, -0.2) is 44.2 Å². The van der Waals surface area contributed by atoms with Crippen LogP contribution in [0.2, 0.25) is 0 Å².